The van der Waals surface area contributed by atoms with Crippen molar-refractivity contribution in [2.75, 3.05) is 6.54 Å². The van der Waals surface area contributed by atoms with E-state index in [0.717, 1.165) is 5.39 Å². The fourth-order valence-electron chi connectivity index (χ4n) is 2.42. The lowest BCUT2D eigenvalue weighted by atomic mass is 10.0. The maximum absolute atomic E-state index is 12.5. The summed E-state index contributed by atoms with van der Waals surface area (Å²) in [6, 6.07) is 8.41. The first-order valence-corrected chi connectivity index (χ1v) is 8.62. The first-order valence-electron chi connectivity index (χ1n) is 8.62. The van der Waals surface area contributed by atoms with Gasteiger partial charge in [-0.05, 0) is 24.0 Å². The number of furan rings is 1. The molecule has 0 saturated heterocycles. The van der Waals surface area contributed by atoms with E-state index in [9.17, 15) is 9.59 Å². The fraction of sp³-hybridized carbons (Fsp3) is 0.474. The lowest BCUT2D eigenvalue weighted by Crippen LogP contribution is -2.51. The molecular weight excluding hydrogens is 318 g/mol. The van der Waals surface area contributed by atoms with Crippen molar-refractivity contribution < 1.29 is 14.0 Å². The minimum atomic E-state index is -0.557. The standard InChI is InChI=1S/C19H27N3O3/c1-11(2)14(10-21-19(24)17(20)12(3)4)22-18(23)16-9-13-7-5-6-8-15(13)25-16/h5-9,11-12,14,17H,10,20H2,1-4H3,(H,21,24)(H,22,23)/t14-,17-/m0/s1. The highest BCUT2D eigenvalue weighted by Gasteiger charge is 2.22. The van der Waals surface area contributed by atoms with Gasteiger partial charge in [-0.25, -0.2) is 0 Å². The Morgan fingerprint density at radius 1 is 1.12 bits per heavy atom. The van der Waals surface area contributed by atoms with Crippen LogP contribution in [0.1, 0.15) is 38.2 Å². The Morgan fingerprint density at radius 2 is 1.80 bits per heavy atom. The van der Waals surface area contributed by atoms with Crippen LogP contribution in [0.5, 0.6) is 0 Å². The maximum atomic E-state index is 12.5. The normalized spacial score (nSPS) is 13.9. The van der Waals surface area contributed by atoms with Crippen molar-refractivity contribution in [2.45, 2.75) is 39.8 Å². The first-order chi connectivity index (χ1) is 11.8. The number of hydrogen-bond acceptors (Lipinski definition) is 4. The molecule has 6 heteroatoms. The molecule has 136 valence electrons. The third kappa shape index (κ3) is 4.82. The predicted molar refractivity (Wildman–Crippen MR) is 98.1 cm³/mol. The molecule has 0 saturated carbocycles. The summed E-state index contributed by atoms with van der Waals surface area (Å²) in [5.74, 6) is -0.0421. The summed E-state index contributed by atoms with van der Waals surface area (Å²) in [6.07, 6.45) is 0. The van der Waals surface area contributed by atoms with E-state index >= 15 is 0 Å². The summed E-state index contributed by atoms with van der Waals surface area (Å²) < 4.78 is 5.59. The highest BCUT2D eigenvalue weighted by atomic mass is 16.3. The van der Waals surface area contributed by atoms with Crippen LogP contribution in [-0.4, -0.2) is 30.4 Å². The molecule has 6 nitrogen and oxygen atoms in total. The lowest BCUT2D eigenvalue weighted by molar-refractivity contribution is -0.123. The van der Waals surface area contributed by atoms with E-state index in [1.54, 1.807) is 6.07 Å². The van der Waals surface area contributed by atoms with Crippen molar-refractivity contribution in [3.05, 3.63) is 36.1 Å². The Hall–Kier alpha value is -2.34. The SMILES string of the molecule is CC(C)[C@H](CNC(=O)[C@@H](N)C(C)C)NC(=O)c1cc2ccccc2o1. The van der Waals surface area contributed by atoms with Crippen molar-refractivity contribution >= 4 is 22.8 Å². The van der Waals surface area contributed by atoms with Crippen molar-refractivity contribution in [3.8, 4) is 0 Å². The van der Waals surface area contributed by atoms with Crippen LogP contribution in [0.3, 0.4) is 0 Å². The van der Waals surface area contributed by atoms with Gasteiger partial charge < -0.3 is 20.8 Å². The summed E-state index contributed by atoms with van der Waals surface area (Å²) in [4.78, 5) is 24.5. The van der Waals surface area contributed by atoms with E-state index in [1.807, 2.05) is 52.0 Å². The van der Waals surface area contributed by atoms with Gasteiger partial charge in [-0.1, -0.05) is 45.9 Å². The molecule has 0 bridgehead atoms. The minimum Gasteiger partial charge on any atom is -0.451 e. The molecule has 0 radical (unpaired) electrons. The second kappa shape index (κ2) is 8.16. The van der Waals surface area contributed by atoms with Gasteiger partial charge in [0.25, 0.3) is 5.91 Å². The number of carbonyl (C=O) groups is 2. The van der Waals surface area contributed by atoms with Gasteiger partial charge in [0.1, 0.15) is 5.58 Å². The summed E-state index contributed by atoms with van der Waals surface area (Å²) in [5.41, 5.74) is 6.51. The van der Waals surface area contributed by atoms with Gasteiger partial charge in [-0.3, -0.25) is 9.59 Å². The zero-order valence-corrected chi connectivity index (χ0v) is 15.2. The highest BCUT2D eigenvalue weighted by molar-refractivity contribution is 5.96. The average molecular weight is 345 g/mol. The van der Waals surface area contributed by atoms with Gasteiger partial charge in [0.2, 0.25) is 5.91 Å². The second-order valence-corrected chi connectivity index (χ2v) is 6.99. The number of fused-ring (bicyclic) bond motifs is 1. The summed E-state index contributed by atoms with van der Waals surface area (Å²) in [5, 5.41) is 6.63. The average Bonchev–Trinajstić information content (AvgIpc) is 3.01. The monoisotopic (exact) mass is 345 g/mol. The molecule has 2 aromatic rings. The molecule has 0 aliphatic heterocycles. The number of rotatable bonds is 7. The van der Waals surface area contributed by atoms with Crippen LogP contribution < -0.4 is 16.4 Å². The van der Waals surface area contributed by atoms with Crippen LogP contribution in [0, 0.1) is 11.8 Å². The number of hydrogen-bond donors (Lipinski definition) is 3. The third-order valence-corrected chi connectivity index (χ3v) is 4.29. The fourth-order valence-corrected chi connectivity index (χ4v) is 2.42. The van der Waals surface area contributed by atoms with Crippen LogP contribution in [-0.2, 0) is 4.79 Å². The Morgan fingerprint density at radius 3 is 2.40 bits per heavy atom. The highest BCUT2D eigenvalue weighted by Crippen LogP contribution is 2.19. The van der Waals surface area contributed by atoms with Gasteiger partial charge in [0.05, 0.1) is 6.04 Å². The molecule has 1 aromatic heterocycles. The predicted octanol–water partition coefficient (Wildman–Crippen LogP) is 2.29. The van der Waals surface area contributed by atoms with E-state index in [4.69, 9.17) is 10.2 Å². The van der Waals surface area contributed by atoms with Gasteiger partial charge >= 0.3 is 0 Å². The number of para-hydroxylation sites is 1. The van der Waals surface area contributed by atoms with Gasteiger partial charge in [0, 0.05) is 18.0 Å². The molecule has 2 amide bonds. The number of carbonyl (C=O) groups excluding carboxylic acids is 2. The van der Waals surface area contributed by atoms with Gasteiger partial charge in [-0.15, -0.1) is 0 Å². The summed E-state index contributed by atoms with van der Waals surface area (Å²) >= 11 is 0. The Labute approximate surface area is 148 Å². The van der Waals surface area contributed by atoms with Crippen LogP contribution in [0.4, 0.5) is 0 Å². The topological polar surface area (TPSA) is 97.4 Å². The zero-order valence-electron chi connectivity index (χ0n) is 15.2. The summed E-state index contributed by atoms with van der Waals surface area (Å²) in [6.45, 7) is 8.08. The molecule has 0 unspecified atom stereocenters. The quantitative estimate of drug-likeness (QED) is 0.717. The van der Waals surface area contributed by atoms with E-state index in [2.05, 4.69) is 10.6 Å². The molecule has 4 N–H and O–H groups in total. The molecule has 2 atom stereocenters. The van der Waals surface area contributed by atoms with Crippen molar-refractivity contribution in [1.29, 1.82) is 0 Å². The smallest absolute Gasteiger partial charge is 0.287 e. The van der Waals surface area contributed by atoms with E-state index in [0.29, 0.717) is 12.1 Å². The number of benzene rings is 1. The maximum Gasteiger partial charge on any atom is 0.287 e. The molecule has 1 aromatic carbocycles. The van der Waals surface area contributed by atoms with Gasteiger partial charge in [0.15, 0.2) is 5.76 Å². The van der Waals surface area contributed by atoms with Crippen molar-refractivity contribution in [3.63, 3.8) is 0 Å². The molecule has 0 aliphatic carbocycles. The third-order valence-electron chi connectivity index (χ3n) is 4.29. The van der Waals surface area contributed by atoms with Crippen LogP contribution in [0.15, 0.2) is 34.7 Å². The van der Waals surface area contributed by atoms with E-state index < -0.39 is 6.04 Å². The van der Waals surface area contributed by atoms with Crippen LogP contribution >= 0.6 is 0 Å². The molecule has 25 heavy (non-hydrogen) atoms. The number of nitrogens with two attached hydrogens (primary N) is 1. The molecule has 0 spiro atoms. The first kappa shape index (κ1) is 19.0. The summed E-state index contributed by atoms with van der Waals surface area (Å²) in [7, 11) is 0. The van der Waals surface area contributed by atoms with Crippen LogP contribution in [0.25, 0.3) is 11.0 Å². The molecule has 1 heterocycles. The van der Waals surface area contributed by atoms with Crippen molar-refractivity contribution in [2.24, 2.45) is 17.6 Å². The molecular formula is C19H27N3O3. The van der Waals surface area contributed by atoms with Gasteiger partial charge in [-0.2, -0.15) is 0 Å². The molecule has 0 fully saturated rings. The Kier molecular flexibility index (Phi) is 6.20. The molecule has 2 rings (SSSR count). The second-order valence-electron chi connectivity index (χ2n) is 6.99. The van der Waals surface area contributed by atoms with Crippen molar-refractivity contribution in [1.82, 2.24) is 10.6 Å². The van der Waals surface area contributed by atoms with E-state index in [1.165, 1.54) is 0 Å². The Balaban J connectivity index is 2.00. The Bertz CT molecular complexity index is 703. The number of amides is 2. The zero-order chi connectivity index (χ0) is 18.6. The van der Waals surface area contributed by atoms with E-state index in [-0.39, 0.29) is 35.5 Å². The lowest BCUT2D eigenvalue weighted by Gasteiger charge is -2.24. The van der Waals surface area contributed by atoms with Crippen LogP contribution in [0.2, 0.25) is 0 Å². The minimum absolute atomic E-state index is 0.0580. The number of nitrogens with one attached hydrogen (secondary N) is 2. The largest absolute Gasteiger partial charge is 0.451 e. The molecule has 0 aliphatic rings.